The number of nitrogens with zero attached hydrogens (tertiary/aromatic N) is 3. The third-order valence-corrected chi connectivity index (χ3v) is 3.81. The molecule has 0 fully saturated rings. The Kier molecular flexibility index (Phi) is 6.97. The molecule has 0 aliphatic rings. The van der Waals surface area contributed by atoms with Gasteiger partial charge in [-0.1, -0.05) is 62.7 Å². The zero-order valence-corrected chi connectivity index (χ0v) is 14.9. The van der Waals surface area contributed by atoms with E-state index in [1.165, 1.54) is 0 Å². The SMILES string of the molecule is CCCCN(CCc1nc(-c2ccccc2)no1)C(=O)CC(C)C. The van der Waals surface area contributed by atoms with Crippen molar-refractivity contribution in [3.63, 3.8) is 0 Å². The van der Waals surface area contributed by atoms with Gasteiger partial charge < -0.3 is 9.42 Å². The standard InChI is InChI=1S/C19H27N3O2/c1-4-5-12-22(18(23)14-15(2)3)13-11-17-20-19(21-24-17)16-9-7-6-8-10-16/h6-10,15H,4-5,11-14H2,1-3H3. The molecular weight excluding hydrogens is 302 g/mol. The number of unbranched alkanes of at least 4 members (excludes halogenated alkanes) is 1. The first-order chi connectivity index (χ1) is 11.6. The smallest absolute Gasteiger partial charge is 0.228 e. The molecule has 1 amide bonds. The molecule has 24 heavy (non-hydrogen) atoms. The number of benzene rings is 1. The van der Waals surface area contributed by atoms with E-state index < -0.39 is 0 Å². The molecule has 1 heterocycles. The lowest BCUT2D eigenvalue weighted by Gasteiger charge is -2.22. The molecule has 5 nitrogen and oxygen atoms in total. The van der Waals surface area contributed by atoms with Gasteiger partial charge in [0, 0.05) is 31.5 Å². The zero-order chi connectivity index (χ0) is 17.4. The summed E-state index contributed by atoms with van der Waals surface area (Å²) in [5, 5.41) is 4.03. The average Bonchev–Trinajstić information content (AvgIpc) is 3.04. The molecule has 0 N–H and O–H groups in total. The van der Waals surface area contributed by atoms with E-state index in [0.29, 0.717) is 37.0 Å². The van der Waals surface area contributed by atoms with Gasteiger partial charge in [-0.15, -0.1) is 0 Å². The minimum atomic E-state index is 0.209. The van der Waals surface area contributed by atoms with E-state index in [1.807, 2.05) is 35.2 Å². The summed E-state index contributed by atoms with van der Waals surface area (Å²) in [7, 11) is 0. The Labute approximate surface area is 144 Å². The van der Waals surface area contributed by atoms with Crippen LogP contribution in [0.2, 0.25) is 0 Å². The van der Waals surface area contributed by atoms with Crippen LogP contribution < -0.4 is 0 Å². The third-order valence-electron chi connectivity index (χ3n) is 3.81. The van der Waals surface area contributed by atoms with Crippen molar-refractivity contribution in [2.45, 2.75) is 46.5 Å². The average molecular weight is 329 g/mol. The van der Waals surface area contributed by atoms with Crippen LogP contribution in [0.1, 0.15) is 45.9 Å². The summed E-state index contributed by atoms with van der Waals surface area (Å²) < 4.78 is 5.34. The Hall–Kier alpha value is -2.17. The van der Waals surface area contributed by atoms with E-state index in [4.69, 9.17) is 4.52 Å². The summed E-state index contributed by atoms with van der Waals surface area (Å²) in [5.41, 5.74) is 0.936. The number of carbonyl (C=O) groups is 1. The van der Waals surface area contributed by atoms with Crippen LogP contribution >= 0.6 is 0 Å². The molecule has 0 radical (unpaired) electrons. The molecule has 1 aromatic heterocycles. The number of hydrogen-bond donors (Lipinski definition) is 0. The van der Waals surface area contributed by atoms with Gasteiger partial charge in [0.1, 0.15) is 0 Å². The van der Waals surface area contributed by atoms with Crippen LogP contribution in [0.4, 0.5) is 0 Å². The second kappa shape index (κ2) is 9.21. The molecule has 2 aromatic rings. The van der Waals surface area contributed by atoms with Crippen molar-refractivity contribution < 1.29 is 9.32 Å². The molecule has 1 aromatic carbocycles. The molecule has 0 aliphatic heterocycles. The molecule has 0 bridgehead atoms. The zero-order valence-electron chi connectivity index (χ0n) is 14.9. The molecule has 0 spiro atoms. The normalized spacial score (nSPS) is 11.0. The van der Waals surface area contributed by atoms with Crippen LogP contribution in [0.3, 0.4) is 0 Å². The van der Waals surface area contributed by atoms with Crippen molar-refractivity contribution in [1.29, 1.82) is 0 Å². The van der Waals surface area contributed by atoms with Crippen molar-refractivity contribution >= 4 is 5.91 Å². The summed E-state index contributed by atoms with van der Waals surface area (Å²) in [6.45, 7) is 7.69. The highest BCUT2D eigenvalue weighted by molar-refractivity contribution is 5.76. The van der Waals surface area contributed by atoms with Gasteiger partial charge in [-0.3, -0.25) is 4.79 Å². The summed E-state index contributed by atoms with van der Waals surface area (Å²) in [6.07, 6.45) is 3.27. The maximum absolute atomic E-state index is 12.4. The number of amides is 1. The molecule has 0 saturated heterocycles. The maximum Gasteiger partial charge on any atom is 0.228 e. The topological polar surface area (TPSA) is 59.2 Å². The van der Waals surface area contributed by atoms with Crippen molar-refractivity contribution in [3.8, 4) is 11.4 Å². The van der Waals surface area contributed by atoms with E-state index in [9.17, 15) is 4.79 Å². The number of carbonyl (C=O) groups excluding carboxylic acids is 1. The predicted molar refractivity (Wildman–Crippen MR) is 94.4 cm³/mol. The van der Waals surface area contributed by atoms with E-state index in [1.54, 1.807) is 0 Å². The summed E-state index contributed by atoms with van der Waals surface area (Å²) in [6, 6.07) is 9.75. The summed E-state index contributed by atoms with van der Waals surface area (Å²) >= 11 is 0. The Bertz CT molecular complexity index is 623. The van der Waals surface area contributed by atoms with E-state index in [2.05, 4.69) is 30.9 Å². The Morgan fingerprint density at radius 3 is 2.62 bits per heavy atom. The highest BCUT2D eigenvalue weighted by Gasteiger charge is 2.16. The first-order valence-corrected chi connectivity index (χ1v) is 8.76. The first kappa shape index (κ1) is 18.2. The Morgan fingerprint density at radius 1 is 1.21 bits per heavy atom. The number of rotatable bonds is 9. The van der Waals surface area contributed by atoms with Crippen molar-refractivity contribution in [2.24, 2.45) is 5.92 Å². The summed E-state index contributed by atoms with van der Waals surface area (Å²) in [5.74, 6) is 1.75. The maximum atomic E-state index is 12.4. The largest absolute Gasteiger partial charge is 0.342 e. The molecule has 0 saturated carbocycles. The van der Waals surface area contributed by atoms with Crippen molar-refractivity contribution in [2.75, 3.05) is 13.1 Å². The van der Waals surface area contributed by atoms with Gasteiger partial charge in [-0.25, -0.2) is 0 Å². The molecule has 0 atom stereocenters. The minimum absolute atomic E-state index is 0.209. The molecule has 130 valence electrons. The highest BCUT2D eigenvalue weighted by Crippen LogP contribution is 2.15. The van der Waals surface area contributed by atoms with E-state index in [0.717, 1.165) is 24.9 Å². The predicted octanol–water partition coefficient (Wildman–Crippen LogP) is 3.95. The van der Waals surface area contributed by atoms with Crippen LogP contribution in [0, 0.1) is 5.92 Å². The van der Waals surface area contributed by atoms with Crippen LogP contribution in [0.15, 0.2) is 34.9 Å². The van der Waals surface area contributed by atoms with Gasteiger partial charge in [0.15, 0.2) is 0 Å². The number of hydrogen-bond acceptors (Lipinski definition) is 4. The Balaban J connectivity index is 1.96. The molecule has 2 rings (SSSR count). The van der Waals surface area contributed by atoms with Crippen molar-refractivity contribution in [3.05, 3.63) is 36.2 Å². The lowest BCUT2D eigenvalue weighted by Crippen LogP contribution is -2.34. The fourth-order valence-corrected chi connectivity index (χ4v) is 2.48. The Morgan fingerprint density at radius 2 is 1.96 bits per heavy atom. The van der Waals surface area contributed by atoms with E-state index >= 15 is 0 Å². The lowest BCUT2D eigenvalue weighted by molar-refractivity contribution is -0.132. The monoisotopic (exact) mass is 329 g/mol. The third kappa shape index (κ3) is 5.48. The lowest BCUT2D eigenvalue weighted by atomic mass is 10.1. The summed E-state index contributed by atoms with van der Waals surface area (Å²) in [4.78, 5) is 18.7. The number of aromatic nitrogens is 2. The molecule has 0 aliphatic carbocycles. The van der Waals surface area contributed by atoms with Gasteiger partial charge in [0.2, 0.25) is 17.6 Å². The first-order valence-electron chi connectivity index (χ1n) is 8.76. The van der Waals surface area contributed by atoms with Gasteiger partial charge in [0.05, 0.1) is 0 Å². The van der Waals surface area contributed by atoms with Gasteiger partial charge >= 0.3 is 0 Å². The van der Waals surface area contributed by atoms with Crippen molar-refractivity contribution in [1.82, 2.24) is 15.0 Å². The molecular formula is C19H27N3O2. The minimum Gasteiger partial charge on any atom is -0.342 e. The molecule has 5 heteroatoms. The van der Waals surface area contributed by atoms with Crippen LogP contribution in [0.5, 0.6) is 0 Å². The van der Waals surface area contributed by atoms with Crippen LogP contribution in [-0.4, -0.2) is 34.0 Å². The van der Waals surface area contributed by atoms with Crippen LogP contribution in [0.25, 0.3) is 11.4 Å². The second-order valence-corrected chi connectivity index (χ2v) is 6.46. The fourth-order valence-electron chi connectivity index (χ4n) is 2.48. The quantitative estimate of drug-likeness (QED) is 0.699. The fraction of sp³-hybridized carbons (Fsp3) is 0.526. The van der Waals surface area contributed by atoms with Gasteiger partial charge in [-0.2, -0.15) is 4.98 Å². The van der Waals surface area contributed by atoms with Gasteiger partial charge in [-0.05, 0) is 12.3 Å². The highest BCUT2D eigenvalue weighted by atomic mass is 16.5. The van der Waals surface area contributed by atoms with E-state index in [-0.39, 0.29) is 5.91 Å². The van der Waals surface area contributed by atoms with Crippen LogP contribution in [-0.2, 0) is 11.2 Å². The second-order valence-electron chi connectivity index (χ2n) is 6.46. The molecule has 0 unspecified atom stereocenters. The van der Waals surface area contributed by atoms with Gasteiger partial charge in [0.25, 0.3) is 0 Å².